The number of hydrazone groups is 1. The lowest BCUT2D eigenvalue weighted by atomic mass is 9.95. The topological polar surface area (TPSA) is 72.2 Å². The number of benzene rings is 2. The van der Waals surface area contributed by atoms with Gasteiger partial charge in [-0.25, -0.2) is 9.82 Å². The Morgan fingerprint density at radius 3 is 2.56 bits per heavy atom. The molecule has 0 unspecified atom stereocenters. The Kier molecular flexibility index (Phi) is 7.32. The Hall–Kier alpha value is -3.00. The summed E-state index contributed by atoms with van der Waals surface area (Å²) in [6.45, 7) is 2.06. The second-order valence-electron chi connectivity index (χ2n) is 7.97. The summed E-state index contributed by atoms with van der Waals surface area (Å²) in [5, 5.41) is 13.6. The number of amides is 1. The lowest BCUT2D eigenvalue weighted by Crippen LogP contribution is -2.20. The first-order chi connectivity index (χ1) is 15.6. The van der Waals surface area contributed by atoms with Crippen LogP contribution < -0.4 is 5.43 Å². The van der Waals surface area contributed by atoms with Gasteiger partial charge in [-0.15, -0.1) is 10.2 Å². The fourth-order valence-corrected chi connectivity index (χ4v) is 4.63. The number of aromatic nitrogens is 3. The van der Waals surface area contributed by atoms with Gasteiger partial charge in [0, 0.05) is 11.6 Å². The van der Waals surface area contributed by atoms with Crippen molar-refractivity contribution < 1.29 is 9.18 Å². The summed E-state index contributed by atoms with van der Waals surface area (Å²) in [7, 11) is 0. The zero-order valence-corrected chi connectivity index (χ0v) is 18.8. The van der Waals surface area contributed by atoms with E-state index in [4.69, 9.17) is 0 Å². The molecule has 32 heavy (non-hydrogen) atoms. The summed E-state index contributed by atoms with van der Waals surface area (Å²) in [6, 6.07) is 14.5. The van der Waals surface area contributed by atoms with E-state index < -0.39 is 0 Å². The Labute approximate surface area is 191 Å². The minimum absolute atomic E-state index is 0.180. The summed E-state index contributed by atoms with van der Waals surface area (Å²) in [4.78, 5) is 12.3. The highest BCUT2D eigenvalue weighted by molar-refractivity contribution is 7.99. The van der Waals surface area contributed by atoms with Crippen LogP contribution in [-0.2, 0) is 4.79 Å². The molecule has 1 aliphatic carbocycles. The maximum atomic E-state index is 13.0. The van der Waals surface area contributed by atoms with Crippen LogP contribution in [0.2, 0.25) is 0 Å². The largest absolute Gasteiger partial charge is 0.299 e. The van der Waals surface area contributed by atoms with Gasteiger partial charge in [0.15, 0.2) is 11.0 Å². The van der Waals surface area contributed by atoms with Crippen LogP contribution >= 0.6 is 11.8 Å². The molecule has 1 heterocycles. The van der Waals surface area contributed by atoms with Gasteiger partial charge in [0.25, 0.3) is 5.91 Å². The van der Waals surface area contributed by atoms with Crippen LogP contribution in [0.5, 0.6) is 0 Å². The van der Waals surface area contributed by atoms with Crippen LogP contribution in [0.1, 0.15) is 49.3 Å². The van der Waals surface area contributed by atoms with Crippen molar-refractivity contribution in [3.05, 3.63) is 65.5 Å². The molecule has 0 aliphatic heterocycles. The molecule has 1 fully saturated rings. The number of carbonyl (C=O) groups excluding carboxylic acids is 1. The molecule has 0 saturated heterocycles. The van der Waals surface area contributed by atoms with Gasteiger partial charge in [0.2, 0.25) is 0 Å². The second-order valence-corrected chi connectivity index (χ2v) is 8.91. The van der Waals surface area contributed by atoms with E-state index >= 15 is 0 Å². The van der Waals surface area contributed by atoms with Gasteiger partial charge in [-0.3, -0.25) is 9.36 Å². The molecular formula is C24H26FN5OS. The standard InChI is InChI=1S/C24H26FN5OS/c1-17-7-11-19(12-8-17)23-28-29-24(30(23)21-5-3-2-4-6-21)32-16-22(31)27-26-15-18-9-13-20(25)14-10-18/h7-15,21H,2-6,16H2,1H3,(H,27,31). The predicted molar refractivity (Wildman–Crippen MR) is 125 cm³/mol. The Balaban J connectivity index is 1.44. The SMILES string of the molecule is Cc1ccc(-c2nnc(SCC(=O)NN=Cc3ccc(F)cc3)n2C2CCCCC2)cc1. The van der Waals surface area contributed by atoms with Crippen molar-refractivity contribution >= 4 is 23.9 Å². The first-order valence-electron chi connectivity index (χ1n) is 10.8. The normalized spacial score (nSPS) is 14.7. The van der Waals surface area contributed by atoms with Crippen molar-refractivity contribution in [3.63, 3.8) is 0 Å². The van der Waals surface area contributed by atoms with E-state index in [1.54, 1.807) is 12.1 Å². The molecule has 1 amide bonds. The van der Waals surface area contributed by atoms with Crippen molar-refractivity contribution in [1.82, 2.24) is 20.2 Å². The molecule has 3 aromatic rings. The van der Waals surface area contributed by atoms with Crippen molar-refractivity contribution in [1.29, 1.82) is 0 Å². The van der Waals surface area contributed by atoms with E-state index in [0.717, 1.165) is 29.4 Å². The summed E-state index contributed by atoms with van der Waals surface area (Å²) in [5.74, 6) is 0.492. The monoisotopic (exact) mass is 451 g/mol. The van der Waals surface area contributed by atoms with E-state index in [-0.39, 0.29) is 17.5 Å². The fourth-order valence-electron chi connectivity index (χ4n) is 3.83. The summed E-state index contributed by atoms with van der Waals surface area (Å²) < 4.78 is 15.2. The average molecular weight is 452 g/mol. The molecule has 1 aliphatic rings. The van der Waals surface area contributed by atoms with E-state index in [0.29, 0.717) is 11.6 Å². The summed E-state index contributed by atoms with van der Waals surface area (Å²) in [6.07, 6.45) is 7.33. The minimum Gasteiger partial charge on any atom is -0.299 e. The van der Waals surface area contributed by atoms with Crippen molar-refractivity contribution in [3.8, 4) is 11.4 Å². The maximum Gasteiger partial charge on any atom is 0.250 e. The molecule has 0 atom stereocenters. The molecule has 4 rings (SSSR count). The molecule has 2 aromatic carbocycles. The average Bonchev–Trinajstić information content (AvgIpc) is 3.24. The molecule has 0 bridgehead atoms. The summed E-state index contributed by atoms with van der Waals surface area (Å²) in [5.41, 5.74) is 5.46. The van der Waals surface area contributed by atoms with E-state index in [1.165, 1.54) is 54.9 Å². The van der Waals surface area contributed by atoms with E-state index in [9.17, 15) is 9.18 Å². The second kappa shape index (κ2) is 10.5. The number of halogens is 1. The highest BCUT2D eigenvalue weighted by Crippen LogP contribution is 2.35. The molecule has 0 radical (unpaired) electrons. The number of nitrogens with zero attached hydrogens (tertiary/aromatic N) is 4. The number of hydrogen-bond acceptors (Lipinski definition) is 5. The summed E-state index contributed by atoms with van der Waals surface area (Å²) >= 11 is 1.37. The third-order valence-electron chi connectivity index (χ3n) is 5.52. The lowest BCUT2D eigenvalue weighted by Gasteiger charge is -2.25. The molecule has 0 spiro atoms. The fraction of sp³-hybridized carbons (Fsp3) is 0.333. The number of hydrogen-bond donors (Lipinski definition) is 1. The Morgan fingerprint density at radius 1 is 1.12 bits per heavy atom. The molecule has 1 aromatic heterocycles. The van der Waals surface area contributed by atoms with Gasteiger partial charge in [-0.05, 0) is 37.5 Å². The molecule has 166 valence electrons. The minimum atomic E-state index is -0.310. The number of rotatable bonds is 7. The van der Waals surface area contributed by atoms with Crippen LogP contribution in [0.25, 0.3) is 11.4 Å². The third kappa shape index (κ3) is 5.62. The third-order valence-corrected chi connectivity index (χ3v) is 6.46. The maximum absolute atomic E-state index is 13.0. The molecule has 1 N–H and O–H groups in total. The van der Waals surface area contributed by atoms with Crippen molar-refractivity contribution in [2.24, 2.45) is 5.10 Å². The quantitative estimate of drug-likeness (QED) is 0.307. The lowest BCUT2D eigenvalue weighted by molar-refractivity contribution is -0.118. The Bertz CT molecular complexity index is 1070. The van der Waals surface area contributed by atoms with Crippen LogP contribution in [0, 0.1) is 12.7 Å². The molecule has 8 heteroatoms. The van der Waals surface area contributed by atoms with Gasteiger partial charge in [-0.2, -0.15) is 5.10 Å². The van der Waals surface area contributed by atoms with Crippen LogP contribution in [0.15, 0.2) is 58.8 Å². The number of carbonyl (C=O) groups is 1. The smallest absolute Gasteiger partial charge is 0.250 e. The van der Waals surface area contributed by atoms with Gasteiger partial charge < -0.3 is 0 Å². The molecule has 1 saturated carbocycles. The van der Waals surface area contributed by atoms with Crippen molar-refractivity contribution in [2.45, 2.75) is 50.2 Å². The van der Waals surface area contributed by atoms with Crippen molar-refractivity contribution in [2.75, 3.05) is 5.75 Å². The highest BCUT2D eigenvalue weighted by Gasteiger charge is 2.24. The van der Waals surface area contributed by atoms with Crippen LogP contribution in [0.4, 0.5) is 4.39 Å². The van der Waals surface area contributed by atoms with Crippen LogP contribution in [0.3, 0.4) is 0 Å². The Morgan fingerprint density at radius 2 is 1.84 bits per heavy atom. The molecule has 6 nitrogen and oxygen atoms in total. The zero-order valence-electron chi connectivity index (χ0n) is 18.0. The zero-order chi connectivity index (χ0) is 22.3. The van der Waals surface area contributed by atoms with Gasteiger partial charge in [0.1, 0.15) is 5.82 Å². The number of nitrogens with one attached hydrogen (secondary N) is 1. The highest BCUT2D eigenvalue weighted by atomic mass is 32.2. The van der Waals surface area contributed by atoms with Crippen LogP contribution in [-0.4, -0.2) is 32.6 Å². The van der Waals surface area contributed by atoms with Gasteiger partial charge in [0.05, 0.1) is 12.0 Å². The number of thioether (sulfide) groups is 1. The van der Waals surface area contributed by atoms with Gasteiger partial charge in [-0.1, -0.05) is 73.0 Å². The van der Waals surface area contributed by atoms with E-state index in [2.05, 4.69) is 56.5 Å². The first kappa shape index (κ1) is 22.2. The van der Waals surface area contributed by atoms with Gasteiger partial charge >= 0.3 is 0 Å². The molecular weight excluding hydrogens is 425 g/mol. The predicted octanol–water partition coefficient (Wildman–Crippen LogP) is 5.14. The first-order valence-corrected chi connectivity index (χ1v) is 11.8. The number of aryl methyl sites for hydroxylation is 1. The van der Waals surface area contributed by atoms with E-state index in [1.807, 2.05) is 0 Å².